The number of anilines is 1. The number of aryl methyl sites for hydroxylation is 1. The lowest BCUT2D eigenvalue weighted by Gasteiger charge is -2.07. The lowest BCUT2D eigenvalue weighted by atomic mass is 10.2. The summed E-state index contributed by atoms with van der Waals surface area (Å²) in [6.45, 7) is 2.83. The Bertz CT molecular complexity index is 610. The molecule has 0 spiro atoms. The van der Waals surface area contributed by atoms with Gasteiger partial charge in [0.05, 0.1) is 12.0 Å². The second kappa shape index (κ2) is 6.38. The first-order valence-corrected chi connectivity index (χ1v) is 7.09. The second-order valence-corrected chi connectivity index (χ2v) is 5.47. The predicted octanol–water partition coefficient (Wildman–Crippen LogP) is 3.84. The monoisotopic (exact) mass is 292 g/mol. The van der Waals surface area contributed by atoms with Crippen molar-refractivity contribution in [3.63, 3.8) is 0 Å². The van der Waals surface area contributed by atoms with E-state index >= 15 is 0 Å². The smallest absolute Gasteiger partial charge is 0.311 e. The van der Waals surface area contributed by atoms with Gasteiger partial charge in [0.2, 0.25) is 0 Å². The Morgan fingerprint density at radius 3 is 2.65 bits per heavy atom. The molecule has 0 amide bonds. The van der Waals surface area contributed by atoms with Crippen molar-refractivity contribution in [2.45, 2.75) is 19.9 Å². The Morgan fingerprint density at radius 2 is 2.05 bits per heavy atom. The molecule has 1 heterocycles. The van der Waals surface area contributed by atoms with Gasteiger partial charge in [0.15, 0.2) is 5.75 Å². The number of nitrogens with one attached hydrogen (secondary N) is 1. The highest BCUT2D eigenvalue weighted by molar-refractivity contribution is 7.12. The quantitative estimate of drug-likeness (QED) is 0.649. The van der Waals surface area contributed by atoms with E-state index in [1.54, 1.807) is 23.5 Å². The topological polar surface area (TPSA) is 64.4 Å². The average molecular weight is 292 g/mol. The van der Waals surface area contributed by atoms with E-state index in [4.69, 9.17) is 4.74 Å². The van der Waals surface area contributed by atoms with Crippen LogP contribution in [-0.2, 0) is 13.0 Å². The summed E-state index contributed by atoms with van der Waals surface area (Å²) < 4.78 is 5.04. The number of nitro groups is 1. The van der Waals surface area contributed by atoms with E-state index in [1.807, 2.05) is 0 Å². The normalized spacial score (nSPS) is 10.3. The Labute approximate surface area is 121 Å². The van der Waals surface area contributed by atoms with Crippen molar-refractivity contribution in [3.8, 4) is 5.75 Å². The first-order chi connectivity index (χ1) is 9.63. The van der Waals surface area contributed by atoms with Crippen LogP contribution in [0.5, 0.6) is 5.75 Å². The van der Waals surface area contributed by atoms with Crippen LogP contribution in [0.4, 0.5) is 11.4 Å². The fourth-order valence-corrected chi connectivity index (χ4v) is 2.73. The van der Waals surface area contributed by atoms with Crippen molar-refractivity contribution < 1.29 is 9.66 Å². The molecule has 1 N–H and O–H groups in total. The van der Waals surface area contributed by atoms with Crippen LogP contribution in [0.3, 0.4) is 0 Å². The Kier molecular flexibility index (Phi) is 4.57. The summed E-state index contributed by atoms with van der Waals surface area (Å²) in [5, 5.41) is 14.1. The number of methoxy groups -OCH3 is 1. The molecule has 2 aromatic rings. The van der Waals surface area contributed by atoms with Crippen LogP contribution >= 0.6 is 11.3 Å². The maximum absolute atomic E-state index is 10.8. The van der Waals surface area contributed by atoms with Crippen molar-refractivity contribution >= 4 is 22.7 Å². The molecule has 5 nitrogen and oxygen atoms in total. The molecule has 0 aliphatic rings. The molecule has 0 atom stereocenters. The number of nitro benzene ring substituents is 1. The molecule has 0 bridgehead atoms. The number of benzene rings is 1. The molecule has 0 saturated carbocycles. The van der Waals surface area contributed by atoms with Crippen molar-refractivity contribution in [2.75, 3.05) is 12.4 Å². The number of thiophene rings is 1. The van der Waals surface area contributed by atoms with Crippen LogP contribution in [0.25, 0.3) is 0 Å². The molecule has 2 rings (SSSR count). The molecule has 0 aliphatic carbocycles. The summed E-state index contributed by atoms with van der Waals surface area (Å²) in [5.74, 6) is 0.264. The summed E-state index contributed by atoms with van der Waals surface area (Å²) in [6, 6.07) is 9.01. The van der Waals surface area contributed by atoms with Crippen LogP contribution in [0, 0.1) is 10.1 Å². The molecule has 0 unspecified atom stereocenters. The Balaban J connectivity index is 2.08. The maximum Gasteiger partial charge on any atom is 0.311 e. The number of ether oxygens (including phenoxy) is 1. The highest BCUT2D eigenvalue weighted by Crippen LogP contribution is 2.30. The van der Waals surface area contributed by atoms with Gasteiger partial charge in [0.25, 0.3) is 0 Å². The van der Waals surface area contributed by atoms with Gasteiger partial charge in [-0.25, -0.2) is 0 Å². The van der Waals surface area contributed by atoms with Gasteiger partial charge in [0, 0.05) is 34.1 Å². The zero-order valence-corrected chi connectivity index (χ0v) is 12.2. The van der Waals surface area contributed by atoms with Crippen LogP contribution in [0.2, 0.25) is 0 Å². The van der Waals surface area contributed by atoms with E-state index in [0.29, 0.717) is 6.54 Å². The van der Waals surface area contributed by atoms with Gasteiger partial charge in [-0.15, -0.1) is 11.3 Å². The molecule has 0 aliphatic heterocycles. The van der Waals surface area contributed by atoms with Crippen molar-refractivity contribution in [1.82, 2.24) is 0 Å². The summed E-state index contributed by atoms with van der Waals surface area (Å²) in [6.07, 6.45) is 1.04. The number of nitrogens with zero attached hydrogens (tertiary/aromatic N) is 1. The van der Waals surface area contributed by atoms with E-state index in [-0.39, 0.29) is 11.4 Å². The number of hydrogen-bond donors (Lipinski definition) is 1. The fraction of sp³-hybridized carbons (Fsp3) is 0.286. The molecule has 20 heavy (non-hydrogen) atoms. The number of hydrogen-bond acceptors (Lipinski definition) is 5. The Hall–Kier alpha value is -2.08. The van der Waals surface area contributed by atoms with Crippen LogP contribution in [-0.4, -0.2) is 12.0 Å². The summed E-state index contributed by atoms with van der Waals surface area (Å²) >= 11 is 1.77. The Morgan fingerprint density at radius 1 is 1.30 bits per heavy atom. The molecule has 0 fully saturated rings. The average Bonchev–Trinajstić information content (AvgIpc) is 2.92. The van der Waals surface area contributed by atoms with Gasteiger partial charge >= 0.3 is 5.69 Å². The third kappa shape index (κ3) is 3.27. The zero-order valence-electron chi connectivity index (χ0n) is 11.4. The largest absolute Gasteiger partial charge is 0.490 e. The van der Waals surface area contributed by atoms with Gasteiger partial charge in [0.1, 0.15) is 0 Å². The van der Waals surface area contributed by atoms with Gasteiger partial charge in [-0.3, -0.25) is 10.1 Å². The molecule has 1 aromatic carbocycles. The zero-order chi connectivity index (χ0) is 14.5. The first-order valence-electron chi connectivity index (χ1n) is 6.28. The summed E-state index contributed by atoms with van der Waals surface area (Å²) in [4.78, 5) is 13.0. The van der Waals surface area contributed by atoms with Gasteiger partial charge in [-0.05, 0) is 24.6 Å². The maximum atomic E-state index is 10.8. The van der Waals surface area contributed by atoms with E-state index < -0.39 is 4.92 Å². The summed E-state index contributed by atoms with van der Waals surface area (Å²) in [5.41, 5.74) is 0.779. The minimum atomic E-state index is -0.449. The third-order valence-corrected chi connectivity index (χ3v) is 4.14. The first kappa shape index (κ1) is 14.3. The second-order valence-electron chi connectivity index (χ2n) is 4.22. The van der Waals surface area contributed by atoms with Crippen LogP contribution in [0.1, 0.15) is 16.7 Å². The minimum absolute atomic E-state index is 0.0255. The van der Waals surface area contributed by atoms with E-state index in [9.17, 15) is 10.1 Å². The van der Waals surface area contributed by atoms with E-state index in [1.165, 1.54) is 22.9 Å². The van der Waals surface area contributed by atoms with Crippen molar-refractivity contribution in [1.29, 1.82) is 0 Å². The number of rotatable bonds is 6. The molecule has 106 valence electrons. The molecule has 1 aromatic heterocycles. The van der Waals surface area contributed by atoms with E-state index in [2.05, 4.69) is 24.4 Å². The predicted molar refractivity (Wildman–Crippen MR) is 80.7 cm³/mol. The highest BCUT2D eigenvalue weighted by atomic mass is 32.1. The fourth-order valence-electron chi connectivity index (χ4n) is 1.83. The lowest BCUT2D eigenvalue weighted by molar-refractivity contribution is -0.385. The SMILES string of the molecule is CCc1ccc(CNc2ccc([N+](=O)[O-])c(OC)c2)s1. The molecular weight excluding hydrogens is 276 g/mol. The van der Waals surface area contributed by atoms with Crippen LogP contribution in [0.15, 0.2) is 30.3 Å². The third-order valence-electron chi connectivity index (χ3n) is 2.91. The van der Waals surface area contributed by atoms with Gasteiger partial charge in [-0.1, -0.05) is 6.92 Å². The molecule has 0 saturated heterocycles. The molecular formula is C14H16N2O3S. The van der Waals surface area contributed by atoms with Crippen LogP contribution < -0.4 is 10.1 Å². The summed E-state index contributed by atoms with van der Waals surface area (Å²) in [7, 11) is 1.43. The van der Waals surface area contributed by atoms with Gasteiger partial charge < -0.3 is 10.1 Å². The molecule has 0 radical (unpaired) electrons. The standard InChI is InChI=1S/C14H16N2O3S/c1-3-11-5-6-12(20-11)9-15-10-4-7-13(16(17)18)14(8-10)19-2/h4-8,15H,3,9H2,1-2H3. The van der Waals surface area contributed by atoms with Crippen molar-refractivity contribution in [3.05, 3.63) is 50.2 Å². The van der Waals surface area contributed by atoms with E-state index in [0.717, 1.165) is 12.1 Å². The van der Waals surface area contributed by atoms with Gasteiger partial charge in [-0.2, -0.15) is 0 Å². The highest BCUT2D eigenvalue weighted by Gasteiger charge is 2.14. The minimum Gasteiger partial charge on any atom is -0.490 e. The van der Waals surface area contributed by atoms with Crippen molar-refractivity contribution in [2.24, 2.45) is 0 Å². The lowest BCUT2D eigenvalue weighted by Crippen LogP contribution is -1.99. The molecule has 6 heteroatoms.